The number of nitrogens with one attached hydrogen (secondary N) is 2. The number of amides is 2. The fourth-order valence-electron chi connectivity index (χ4n) is 5.53. The number of rotatable bonds is 14. The Labute approximate surface area is 314 Å². The summed E-state index contributed by atoms with van der Waals surface area (Å²) in [5, 5.41) is 24.8. The van der Waals surface area contributed by atoms with E-state index >= 15 is 0 Å². The van der Waals surface area contributed by atoms with Gasteiger partial charge in [0.25, 0.3) is 27.5 Å². The van der Waals surface area contributed by atoms with Crippen LogP contribution in [0, 0.1) is 10.1 Å². The molecule has 1 aliphatic rings. The number of nitrogens with zero attached hydrogens (tertiary/aromatic N) is 5. The SMILES string of the molecule is CCOc1cccc(-c2csc(C(=O)N3CCN(c4ccc(C(=O)NS(=O)(=O)c5ccc(NCCSc6ccccc6)c([N+](=O)[O-])c5)nn4)CC3)c2)c1. The van der Waals surface area contributed by atoms with Gasteiger partial charge in [0.05, 0.1) is 21.3 Å². The van der Waals surface area contributed by atoms with Crippen molar-refractivity contribution in [3.05, 3.63) is 117 Å². The molecule has 0 spiro atoms. The second-order valence-corrected chi connectivity index (χ2v) is 15.4. The van der Waals surface area contributed by atoms with Gasteiger partial charge in [-0.15, -0.1) is 33.3 Å². The summed E-state index contributed by atoms with van der Waals surface area (Å²) in [6, 6.07) is 25.6. The Bertz CT molecular complexity index is 2190. The lowest BCUT2D eigenvalue weighted by atomic mass is 10.1. The lowest BCUT2D eigenvalue weighted by Gasteiger charge is -2.35. The molecule has 0 unspecified atom stereocenters. The molecule has 6 rings (SSSR count). The van der Waals surface area contributed by atoms with E-state index in [0.717, 1.165) is 27.8 Å². The van der Waals surface area contributed by atoms with Crippen LogP contribution in [-0.4, -0.2) is 85.3 Å². The number of aromatic nitrogens is 2. The summed E-state index contributed by atoms with van der Waals surface area (Å²) in [5.41, 5.74) is 1.37. The van der Waals surface area contributed by atoms with Crippen molar-refractivity contribution >= 4 is 62.1 Å². The first-order valence-electron chi connectivity index (χ1n) is 16.6. The molecule has 3 heterocycles. The molecular weight excluding hydrogens is 739 g/mol. The fraction of sp³-hybridized carbons (Fsp3) is 0.222. The normalized spacial score (nSPS) is 13.0. The number of carbonyl (C=O) groups is 2. The zero-order valence-electron chi connectivity index (χ0n) is 28.5. The smallest absolute Gasteiger partial charge is 0.293 e. The Hall–Kier alpha value is -5.52. The van der Waals surface area contributed by atoms with Gasteiger partial charge in [-0.3, -0.25) is 19.7 Å². The summed E-state index contributed by atoms with van der Waals surface area (Å²) < 4.78 is 33.6. The number of thiophene rings is 1. The van der Waals surface area contributed by atoms with Gasteiger partial charge in [-0.05, 0) is 78.0 Å². The summed E-state index contributed by atoms with van der Waals surface area (Å²) in [6.07, 6.45) is 0. The number of piperazine rings is 1. The molecule has 17 heteroatoms. The number of hydrogen-bond acceptors (Lipinski definition) is 13. The highest BCUT2D eigenvalue weighted by Gasteiger charge is 2.27. The molecule has 1 saturated heterocycles. The van der Waals surface area contributed by atoms with Crippen molar-refractivity contribution in [1.82, 2.24) is 19.8 Å². The molecule has 0 bridgehead atoms. The third-order valence-electron chi connectivity index (χ3n) is 8.20. The molecule has 5 aromatic rings. The minimum absolute atomic E-state index is 0.0599. The lowest BCUT2D eigenvalue weighted by Crippen LogP contribution is -2.49. The number of hydrogen-bond donors (Lipinski definition) is 2. The zero-order valence-corrected chi connectivity index (χ0v) is 31.0. The maximum atomic E-state index is 13.3. The Morgan fingerprint density at radius 2 is 1.74 bits per heavy atom. The summed E-state index contributed by atoms with van der Waals surface area (Å²) >= 11 is 2.96. The predicted molar refractivity (Wildman–Crippen MR) is 204 cm³/mol. The van der Waals surface area contributed by atoms with Crippen molar-refractivity contribution in [2.45, 2.75) is 16.7 Å². The van der Waals surface area contributed by atoms with Crippen molar-refractivity contribution in [2.75, 3.05) is 55.3 Å². The van der Waals surface area contributed by atoms with Gasteiger partial charge >= 0.3 is 0 Å². The maximum absolute atomic E-state index is 13.3. The predicted octanol–water partition coefficient (Wildman–Crippen LogP) is 5.80. The second kappa shape index (κ2) is 16.9. The number of anilines is 2. The van der Waals surface area contributed by atoms with Crippen molar-refractivity contribution < 1.29 is 27.7 Å². The minimum atomic E-state index is -4.48. The molecule has 0 atom stereocenters. The topological polar surface area (TPSA) is 177 Å². The summed E-state index contributed by atoms with van der Waals surface area (Å²) in [5.74, 6) is 0.757. The Balaban J connectivity index is 1.02. The number of nitro benzene ring substituents is 1. The zero-order chi connectivity index (χ0) is 37.4. The molecule has 0 aliphatic carbocycles. The molecule has 0 radical (unpaired) electrons. The van der Waals surface area contributed by atoms with E-state index in [9.17, 15) is 28.1 Å². The van der Waals surface area contributed by atoms with Crippen LogP contribution in [-0.2, 0) is 10.0 Å². The molecule has 3 aromatic carbocycles. The molecule has 2 aromatic heterocycles. The summed E-state index contributed by atoms with van der Waals surface area (Å²) in [6.45, 7) is 4.74. The van der Waals surface area contributed by atoms with Gasteiger partial charge in [0, 0.05) is 49.4 Å². The van der Waals surface area contributed by atoms with Crippen LogP contribution in [0.25, 0.3) is 11.1 Å². The van der Waals surface area contributed by atoms with Gasteiger partial charge in [-0.25, -0.2) is 13.1 Å². The minimum Gasteiger partial charge on any atom is -0.494 e. The maximum Gasteiger partial charge on any atom is 0.293 e. The first-order valence-corrected chi connectivity index (χ1v) is 19.9. The van der Waals surface area contributed by atoms with Crippen LogP contribution < -0.4 is 19.7 Å². The van der Waals surface area contributed by atoms with E-state index in [-0.39, 0.29) is 17.3 Å². The standard InChI is InChI=1S/C36H35N7O7S3/c1-2-50-27-8-6-7-25(21-27)26-22-33(52-24-26)36(45)42-18-16-41(17-19-42)34-14-13-31(38-39-34)35(44)40-53(48,49)29-11-12-30(32(23-29)43(46)47)37-15-20-51-28-9-4-3-5-10-28/h3-14,21-24,37H,2,15-20H2,1H3,(H,40,44). The molecule has 2 N–H and O–H groups in total. The Morgan fingerprint density at radius 3 is 2.45 bits per heavy atom. The van der Waals surface area contributed by atoms with E-state index < -0.39 is 31.4 Å². The van der Waals surface area contributed by atoms with Gasteiger partial charge in [-0.2, -0.15) is 0 Å². The van der Waals surface area contributed by atoms with Crippen molar-refractivity contribution in [1.29, 1.82) is 0 Å². The van der Waals surface area contributed by atoms with E-state index in [4.69, 9.17) is 4.74 Å². The van der Waals surface area contributed by atoms with Crippen LogP contribution in [0.4, 0.5) is 17.2 Å². The van der Waals surface area contributed by atoms with Gasteiger partial charge in [-0.1, -0.05) is 30.3 Å². The molecule has 0 saturated carbocycles. The van der Waals surface area contributed by atoms with Crippen LogP contribution in [0.5, 0.6) is 5.75 Å². The van der Waals surface area contributed by atoms with E-state index in [2.05, 4.69) is 15.5 Å². The van der Waals surface area contributed by atoms with Crippen LogP contribution in [0.1, 0.15) is 27.1 Å². The third kappa shape index (κ3) is 9.29. The highest BCUT2D eigenvalue weighted by molar-refractivity contribution is 7.99. The van der Waals surface area contributed by atoms with E-state index in [1.54, 1.807) is 22.7 Å². The Morgan fingerprint density at radius 1 is 0.943 bits per heavy atom. The molecular formula is C36H35N7O7S3. The molecule has 2 amide bonds. The Kier molecular flexibility index (Phi) is 11.9. The number of ether oxygens (including phenoxy) is 1. The monoisotopic (exact) mass is 773 g/mol. The largest absolute Gasteiger partial charge is 0.494 e. The van der Waals surface area contributed by atoms with E-state index in [1.165, 1.54) is 29.5 Å². The molecule has 14 nitrogen and oxygen atoms in total. The first-order chi connectivity index (χ1) is 25.6. The highest BCUT2D eigenvalue weighted by atomic mass is 32.2. The average Bonchev–Trinajstić information content (AvgIpc) is 3.67. The van der Waals surface area contributed by atoms with E-state index in [0.29, 0.717) is 55.8 Å². The molecule has 53 heavy (non-hydrogen) atoms. The fourth-order valence-corrected chi connectivity index (χ4v) is 8.18. The first kappa shape index (κ1) is 37.2. The third-order valence-corrected chi connectivity index (χ3v) is 11.5. The molecule has 274 valence electrons. The second-order valence-electron chi connectivity index (χ2n) is 11.7. The summed E-state index contributed by atoms with van der Waals surface area (Å²) in [4.78, 5) is 42.2. The molecule has 1 fully saturated rings. The molecule has 1 aliphatic heterocycles. The summed E-state index contributed by atoms with van der Waals surface area (Å²) in [7, 11) is -4.48. The van der Waals surface area contributed by atoms with Gasteiger partial charge in [0.1, 0.15) is 11.4 Å². The van der Waals surface area contributed by atoms with Gasteiger partial charge < -0.3 is 19.9 Å². The number of benzene rings is 3. The quantitative estimate of drug-likeness (QED) is 0.0602. The van der Waals surface area contributed by atoms with Crippen molar-refractivity contribution in [3.63, 3.8) is 0 Å². The number of nitro groups is 1. The van der Waals surface area contributed by atoms with Gasteiger partial charge in [0.2, 0.25) is 0 Å². The van der Waals surface area contributed by atoms with Crippen LogP contribution in [0.15, 0.2) is 106 Å². The lowest BCUT2D eigenvalue weighted by molar-refractivity contribution is -0.384. The van der Waals surface area contributed by atoms with E-state index in [1.807, 2.05) is 82.6 Å². The number of sulfonamides is 1. The van der Waals surface area contributed by atoms with Crippen LogP contribution in [0.3, 0.4) is 0 Å². The van der Waals surface area contributed by atoms with Crippen LogP contribution in [0.2, 0.25) is 0 Å². The van der Waals surface area contributed by atoms with Crippen molar-refractivity contribution in [2.24, 2.45) is 0 Å². The van der Waals surface area contributed by atoms with Gasteiger partial charge in [0.15, 0.2) is 11.5 Å². The highest BCUT2D eigenvalue weighted by Crippen LogP contribution is 2.30. The number of thioether (sulfide) groups is 1. The van der Waals surface area contributed by atoms with Crippen LogP contribution >= 0.6 is 23.1 Å². The van der Waals surface area contributed by atoms with Crippen molar-refractivity contribution in [3.8, 4) is 16.9 Å². The number of carbonyl (C=O) groups excluding carboxylic acids is 2. The average molecular weight is 774 g/mol.